The summed E-state index contributed by atoms with van der Waals surface area (Å²) in [5.74, 6) is -0.281. The van der Waals surface area contributed by atoms with Crippen molar-refractivity contribution < 1.29 is 27.4 Å². The van der Waals surface area contributed by atoms with Crippen LogP contribution in [0, 0.1) is 0 Å². The highest BCUT2D eigenvalue weighted by Crippen LogP contribution is 2.25. The van der Waals surface area contributed by atoms with E-state index in [4.69, 9.17) is 9.47 Å². The molecule has 0 aliphatic rings. The van der Waals surface area contributed by atoms with E-state index >= 15 is 0 Å². The van der Waals surface area contributed by atoms with Crippen molar-refractivity contribution >= 4 is 5.69 Å². The van der Waals surface area contributed by atoms with Crippen molar-refractivity contribution in [2.75, 3.05) is 19.5 Å². The summed E-state index contributed by atoms with van der Waals surface area (Å²) < 4.78 is 50.2. The predicted octanol–water partition coefficient (Wildman–Crippen LogP) is 3.00. The highest BCUT2D eigenvalue weighted by Gasteiger charge is 2.31. The maximum Gasteiger partial charge on any atom is 0.573 e. The van der Waals surface area contributed by atoms with Crippen molar-refractivity contribution in [1.82, 2.24) is 0 Å². The third-order valence-corrected chi connectivity index (χ3v) is 2.33. The smallest absolute Gasteiger partial charge is 0.406 e. The fraction of sp³-hybridized carbons (Fsp3) is 0.500. The first-order chi connectivity index (χ1) is 8.85. The van der Waals surface area contributed by atoms with Crippen LogP contribution >= 0.6 is 0 Å². The van der Waals surface area contributed by atoms with Crippen LogP contribution in [-0.2, 0) is 9.47 Å². The van der Waals surface area contributed by atoms with Gasteiger partial charge in [-0.05, 0) is 19.1 Å². The van der Waals surface area contributed by atoms with Gasteiger partial charge in [-0.3, -0.25) is 0 Å². The van der Waals surface area contributed by atoms with Crippen molar-refractivity contribution in [2.45, 2.75) is 25.6 Å². The summed E-state index contributed by atoms with van der Waals surface area (Å²) in [7, 11) is 2.96. The second-order valence-electron chi connectivity index (χ2n) is 3.85. The molecule has 0 amide bonds. The predicted molar refractivity (Wildman–Crippen MR) is 64.0 cm³/mol. The van der Waals surface area contributed by atoms with Gasteiger partial charge in [0.2, 0.25) is 0 Å². The number of benzene rings is 1. The van der Waals surface area contributed by atoms with Crippen LogP contribution in [0.1, 0.15) is 6.92 Å². The average Bonchev–Trinajstić information content (AvgIpc) is 2.28. The Morgan fingerprint density at radius 1 is 1.16 bits per heavy atom. The van der Waals surface area contributed by atoms with Crippen LogP contribution < -0.4 is 10.1 Å². The van der Waals surface area contributed by atoms with Crippen LogP contribution in [0.4, 0.5) is 18.9 Å². The molecule has 0 radical (unpaired) electrons. The lowest BCUT2D eigenvalue weighted by molar-refractivity contribution is -0.274. The third-order valence-electron chi connectivity index (χ3n) is 2.33. The lowest BCUT2D eigenvalue weighted by Crippen LogP contribution is -2.33. The van der Waals surface area contributed by atoms with Gasteiger partial charge in [0.15, 0.2) is 6.29 Å². The van der Waals surface area contributed by atoms with E-state index in [0.29, 0.717) is 5.69 Å². The number of halogens is 3. The van der Waals surface area contributed by atoms with Crippen LogP contribution in [0.5, 0.6) is 5.75 Å². The molecule has 1 aromatic rings. The Hall–Kier alpha value is -1.47. The molecule has 1 aromatic carbocycles. The molecule has 1 atom stereocenters. The Balaban J connectivity index is 2.71. The number of ether oxygens (including phenoxy) is 3. The van der Waals surface area contributed by atoms with Crippen molar-refractivity contribution in [3.63, 3.8) is 0 Å². The molecule has 1 unspecified atom stereocenters. The minimum Gasteiger partial charge on any atom is -0.406 e. The SMILES string of the molecule is COC(OC)C(C)Nc1cccc(OC(F)(F)F)c1. The summed E-state index contributed by atoms with van der Waals surface area (Å²) in [6, 6.07) is 5.34. The number of hydrogen-bond acceptors (Lipinski definition) is 4. The minimum atomic E-state index is -4.70. The second-order valence-corrected chi connectivity index (χ2v) is 3.85. The van der Waals surface area contributed by atoms with E-state index in [2.05, 4.69) is 10.1 Å². The monoisotopic (exact) mass is 279 g/mol. The van der Waals surface area contributed by atoms with Gasteiger partial charge in [0.05, 0.1) is 6.04 Å². The number of nitrogens with one attached hydrogen (secondary N) is 1. The molecule has 0 saturated carbocycles. The molecule has 0 saturated heterocycles. The minimum absolute atomic E-state index is 0.240. The second kappa shape index (κ2) is 6.63. The topological polar surface area (TPSA) is 39.7 Å². The maximum absolute atomic E-state index is 12.1. The highest BCUT2D eigenvalue weighted by molar-refractivity contribution is 5.48. The van der Waals surface area contributed by atoms with Crippen molar-refractivity contribution in [1.29, 1.82) is 0 Å². The zero-order chi connectivity index (χ0) is 14.5. The van der Waals surface area contributed by atoms with Gasteiger partial charge < -0.3 is 19.5 Å². The standard InChI is InChI=1S/C12H16F3NO3/c1-8(11(17-2)18-3)16-9-5-4-6-10(7-9)19-12(13,14)15/h4-8,11,16H,1-3H3. The van der Waals surface area contributed by atoms with Crippen LogP contribution in [0.25, 0.3) is 0 Å². The largest absolute Gasteiger partial charge is 0.573 e. The van der Waals surface area contributed by atoms with Gasteiger partial charge in [-0.25, -0.2) is 0 Å². The molecule has 108 valence electrons. The zero-order valence-corrected chi connectivity index (χ0v) is 10.8. The highest BCUT2D eigenvalue weighted by atomic mass is 19.4. The van der Waals surface area contributed by atoms with Gasteiger partial charge in [-0.1, -0.05) is 6.07 Å². The van der Waals surface area contributed by atoms with Crippen LogP contribution in [-0.4, -0.2) is 32.9 Å². The Labute approximate surface area is 109 Å². The molecule has 0 bridgehead atoms. The van der Waals surface area contributed by atoms with Crippen molar-refractivity contribution in [3.05, 3.63) is 24.3 Å². The molecule has 0 fully saturated rings. The first kappa shape index (κ1) is 15.6. The van der Waals surface area contributed by atoms with Gasteiger partial charge in [0.25, 0.3) is 0 Å². The van der Waals surface area contributed by atoms with Crippen LogP contribution in [0.3, 0.4) is 0 Å². The first-order valence-electron chi connectivity index (χ1n) is 5.53. The molecular weight excluding hydrogens is 263 g/mol. The molecule has 0 aliphatic carbocycles. The normalized spacial score (nSPS) is 13.4. The Morgan fingerprint density at radius 2 is 1.79 bits per heavy atom. The Kier molecular flexibility index (Phi) is 5.44. The molecule has 0 aliphatic heterocycles. The van der Waals surface area contributed by atoms with Crippen LogP contribution in [0.15, 0.2) is 24.3 Å². The third kappa shape index (κ3) is 5.35. The summed E-state index contributed by atoms with van der Waals surface area (Å²) in [6.45, 7) is 1.79. The van der Waals surface area contributed by atoms with Gasteiger partial charge in [-0.15, -0.1) is 13.2 Å². The number of alkyl halides is 3. The lowest BCUT2D eigenvalue weighted by atomic mass is 10.2. The average molecular weight is 279 g/mol. The van der Waals surface area contributed by atoms with Crippen LogP contribution in [0.2, 0.25) is 0 Å². The number of rotatable bonds is 6. The zero-order valence-electron chi connectivity index (χ0n) is 10.8. The van der Waals surface area contributed by atoms with E-state index in [9.17, 15) is 13.2 Å². The maximum atomic E-state index is 12.1. The van der Waals surface area contributed by atoms with Gasteiger partial charge in [0.1, 0.15) is 5.75 Å². The van der Waals surface area contributed by atoms with E-state index in [-0.39, 0.29) is 11.8 Å². The quantitative estimate of drug-likeness (QED) is 0.813. The summed E-state index contributed by atoms with van der Waals surface area (Å²) in [5.41, 5.74) is 0.480. The summed E-state index contributed by atoms with van der Waals surface area (Å²) in [5, 5.41) is 2.97. The van der Waals surface area contributed by atoms with E-state index < -0.39 is 12.7 Å². The molecular formula is C12H16F3NO3. The first-order valence-corrected chi connectivity index (χ1v) is 5.53. The number of hydrogen-bond donors (Lipinski definition) is 1. The van der Waals surface area contributed by atoms with E-state index in [1.807, 2.05) is 0 Å². The molecule has 0 heterocycles. The van der Waals surface area contributed by atoms with Crippen molar-refractivity contribution in [2.24, 2.45) is 0 Å². The summed E-state index contributed by atoms with van der Waals surface area (Å²) >= 11 is 0. The molecule has 1 rings (SSSR count). The lowest BCUT2D eigenvalue weighted by Gasteiger charge is -2.23. The number of anilines is 1. The Bertz CT molecular complexity index is 394. The number of methoxy groups -OCH3 is 2. The van der Waals surface area contributed by atoms with Gasteiger partial charge in [-0.2, -0.15) is 0 Å². The Morgan fingerprint density at radius 3 is 2.32 bits per heavy atom. The summed E-state index contributed by atoms with van der Waals surface area (Å²) in [4.78, 5) is 0. The molecule has 1 N–H and O–H groups in total. The van der Waals surface area contributed by atoms with E-state index in [1.165, 1.54) is 32.4 Å². The van der Waals surface area contributed by atoms with Gasteiger partial charge in [0, 0.05) is 26.0 Å². The van der Waals surface area contributed by atoms with E-state index in [0.717, 1.165) is 0 Å². The fourth-order valence-electron chi connectivity index (χ4n) is 1.62. The van der Waals surface area contributed by atoms with E-state index in [1.54, 1.807) is 13.0 Å². The van der Waals surface area contributed by atoms with Gasteiger partial charge >= 0.3 is 6.36 Å². The van der Waals surface area contributed by atoms with Crippen molar-refractivity contribution in [3.8, 4) is 5.75 Å². The molecule has 7 heteroatoms. The summed E-state index contributed by atoms with van der Waals surface area (Å²) in [6.07, 6.45) is -5.21. The fourth-order valence-corrected chi connectivity index (χ4v) is 1.62. The molecule has 19 heavy (non-hydrogen) atoms. The molecule has 0 aromatic heterocycles. The molecule has 0 spiro atoms. The molecule has 4 nitrogen and oxygen atoms in total.